The predicted molar refractivity (Wildman–Crippen MR) is 157 cm³/mol. The summed E-state index contributed by atoms with van der Waals surface area (Å²) in [5.41, 5.74) is 3.51. The highest BCUT2D eigenvalue weighted by Crippen LogP contribution is 2.56. The van der Waals surface area contributed by atoms with Gasteiger partial charge < -0.3 is 14.6 Å². The van der Waals surface area contributed by atoms with Crippen LogP contribution in [0, 0.1) is 17.7 Å². The molecule has 0 spiro atoms. The number of benzene rings is 3. The molecule has 1 N–H and O–H groups in total. The van der Waals surface area contributed by atoms with E-state index in [1.165, 1.54) is 6.07 Å². The summed E-state index contributed by atoms with van der Waals surface area (Å²) in [6, 6.07) is 17.3. The van der Waals surface area contributed by atoms with Crippen LogP contribution < -0.4 is 9.47 Å². The van der Waals surface area contributed by atoms with Gasteiger partial charge in [-0.15, -0.1) is 0 Å². The number of halogens is 1. The second-order valence-electron chi connectivity index (χ2n) is 11.7. The summed E-state index contributed by atoms with van der Waals surface area (Å²) in [5, 5.41) is 10.2. The summed E-state index contributed by atoms with van der Waals surface area (Å²) < 4.78 is 54.1. The zero-order valence-electron chi connectivity index (χ0n) is 23.6. The Balaban J connectivity index is 1.40. The SMILES string of the molecule is COc1cccc(C2=C(C3CC3)c3c(ccc(O)c3F)OC2c2ccc(S(=O)(=O)C[C@H](C)N3CC[C@@H](C)C3)cc2)c1. The van der Waals surface area contributed by atoms with Crippen molar-refractivity contribution in [2.24, 2.45) is 11.8 Å². The summed E-state index contributed by atoms with van der Waals surface area (Å²) in [4.78, 5) is 2.53. The van der Waals surface area contributed by atoms with Gasteiger partial charge in [-0.3, -0.25) is 4.90 Å². The van der Waals surface area contributed by atoms with Crippen molar-refractivity contribution in [3.05, 3.63) is 83.2 Å². The average molecular weight is 578 g/mol. The highest BCUT2D eigenvalue weighted by Gasteiger charge is 2.40. The molecule has 8 heteroatoms. The molecule has 216 valence electrons. The Morgan fingerprint density at radius 3 is 2.49 bits per heavy atom. The first-order chi connectivity index (χ1) is 19.7. The molecule has 2 heterocycles. The molecule has 6 nitrogen and oxygen atoms in total. The Morgan fingerprint density at radius 1 is 1.07 bits per heavy atom. The fourth-order valence-corrected chi connectivity index (χ4v) is 7.81. The summed E-state index contributed by atoms with van der Waals surface area (Å²) in [7, 11) is -1.90. The number of nitrogens with zero attached hydrogens (tertiary/aromatic N) is 1. The van der Waals surface area contributed by atoms with Gasteiger partial charge in [0.05, 0.1) is 23.3 Å². The fourth-order valence-electron chi connectivity index (χ4n) is 6.23. The molecule has 0 radical (unpaired) electrons. The van der Waals surface area contributed by atoms with Crippen LogP contribution in [0.2, 0.25) is 0 Å². The van der Waals surface area contributed by atoms with E-state index in [0.717, 1.165) is 54.6 Å². The minimum absolute atomic E-state index is 0.0576. The van der Waals surface area contributed by atoms with Crippen LogP contribution in [0.5, 0.6) is 17.2 Å². The molecule has 3 aliphatic rings. The number of fused-ring (bicyclic) bond motifs is 1. The third-order valence-corrected chi connectivity index (χ3v) is 10.5. The first-order valence-corrected chi connectivity index (χ1v) is 15.9. The molecule has 2 aliphatic heterocycles. The smallest absolute Gasteiger partial charge is 0.179 e. The third kappa shape index (κ3) is 5.35. The number of methoxy groups -OCH3 is 1. The van der Waals surface area contributed by atoms with Crippen molar-refractivity contribution < 1.29 is 27.4 Å². The van der Waals surface area contributed by atoms with Crippen molar-refractivity contribution in [1.82, 2.24) is 4.90 Å². The van der Waals surface area contributed by atoms with Gasteiger partial charge in [-0.1, -0.05) is 31.2 Å². The lowest BCUT2D eigenvalue weighted by Crippen LogP contribution is -2.36. The van der Waals surface area contributed by atoms with Crippen molar-refractivity contribution >= 4 is 21.0 Å². The number of likely N-dealkylation sites (tertiary alicyclic amines) is 1. The molecule has 0 amide bonds. The van der Waals surface area contributed by atoms with E-state index >= 15 is 4.39 Å². The summed E-state index contributed by atoms with van der Waals surface area (Å²) >= 11 is 0. The van der Waals surface area contributed by atoms with E-state index in [0.29, 0.717) is 23.0 Å². The summed E-state index contributed by atoms with van der Waals surface area (Å²) in [6.07, 6.45) is 2.32. The lowest BCUT2D eigenvalue weighted by atomic mass is 9.83. The van der Waals surface area contributed by atoms with Crippen LogP contribution in [0.3, 0.4) is 0 Å². The number of ether oxygens (including phenoxy) is 2. The van der Waals surface area contributed by atoms with Gasteiger partial charge in [-0.25, -0.2) is 12.8 Å². The van der Waals surface area contributed by atoms with Gasteiger partial charge in [-0.05, 0) is 97.7 Å². The van der Waals surface area contributed by atoms with Crippen LogP contribution in [-0.4, -0.2) is 50.4 Å². The number of phenolic OH excluding ortho intramolecular Hbond substituents is 1. The minimum atomic E-state index is -3.50. The topological polar surface area (TPSA) is 76.1 Å². The van der Waals surface area contributed by atoms with Crippen LogP contribution in [0.1, 0.15) is 55.9 Å². The van der Waals surface area contributed by atoms with Gasteiger partial charge in [-0.2, -0.15) is 0 Å². The zero-order valence-corrected chi connectivity index (χ0v) is 24.5. The maximum atomic E-state index is 15.4. The highest BCUT2D eigenvalue weighted by molar-refractivity contribution is 7.91. The molecule has 1 saturated carbocycles. The summed E-state index contributed by atoms with van der Waals surface area (Å²) in [5.74, 6) is 0.707. The van der Waals surface area contributed by atoms with E-state index in [1.807, 2.05) is 31.2 Å². The Labute approximate surface area is 241 Å². The summed E-state index contributed by atoms with van der Waals surface area (Å²) in [6.45, 7) is 6.04. The van der Waals surface area contributed by atoms with E-state index in [1.54, 1.807) is 37.4 Å². The first-order valence-electron chi connectivity index (χ1n) is 14.3. The monoisotopic (exact) mass is 577 g/mol. The molecule has 3 atom stereocenters. The van der Waals surface area contributed by atoms with Gasteiger partial charge in [0.1, 0.15) is 17.6 Å². The Bertz CT molecular complexity index is 1600. The Morgan fingerprint density at radius 2 is 1.83 bits per heavy atom. The van der Waals surface area contributed by atoms with Crippen LogP contribution in [-0.2, 0) is 9.84 Å². The lowest BCUT2D eigenvalue weighted by Gasteiger charge is -2.33. The van der Waals surface area contributed by atoms with E-state index in [4.69, 9.17) is 9.47 Å². The molecule has 41 heavy (non-hydrogen) atoms. The largest absolute Gasteiger partial charge is 0.505 e. The number of allylic oxidation sites excluding steroid dienone is 1. The van der Waals surface area contributed by atoms with E-state index in [2.05, 4.69) is 11.8 Å². The van der Waals surface area contributed by atoms with Crippen LogP contribution in [0.15, 0.2) is 65.6 Å². The Kier molecular flexibility index (Phi) is 7.32. The number of aromatic hydroxyl groups is 1. The number of sulfone groups is 1. The molecule has 0 bridgehead atoms. The molecule has 6 rings (SSSR count). The average Bonchev–Trinajstić information content (AvgIpc) is 3.72. The molecular weight excluding hydrogens is 541 g/mol. The predicted octanol–water partition coefficient (Wildman–Crippen LogP) is 6.50. The first kappa shape index (κ1) is 27.8. The van der Waals surface area contributed by atoms with Gasteiger partial charge in [0, 0.05) is 18.2 Å². The second kappa shape index (κ2) is 10.8. The van der Waals surface area contributed by atoms with Crippen molar-refractivity contribution in [3.63, 3.8) is 0 Å². The minimum Gasteiger partial charge on any atom is -0.505 e. The molecule has 1 aliphatic carbocycles. The second-order valence-corrected chi connectivity index (χ2v) is 13.7. The molecule has 2 fully saturated rings. The number of phenols is 1. The molecular formula is C33H36FNO5S. The molecule has 3 aromatic rings. The van der Waals surface area contributed by atoms with Crippen molar-refractivity contribution in [2.45, 2.75) is 50.2 Å². The van der Waals surface area contributed by atoms with Crippen LogP contribution in [0.25, 0.3) is 11.1 Å². The van der Waals surface area contributed by atoms with Crippen molar-refractivity contribution in [1.29, 1.82) is 0 Å². The maximum Gasteiger partial charge on any atom is 0.179 e. The van der Waals surface area contributed by atoms with E-state index in [-0.39, 0.29) is 22.6 Å². The number of hydrogen-bond acceptors (Lipinski definition) is 6. The molecule has 0 aromatic heterocycles. The van der Waals surface area contributed by atoms with Gasteiger partial charge in [0.15, 0.2) is 21.4 Å². The van der Waals surface area contributed by atoms with E-state index < -0.39 is 27.5 Å². The molecule has 3 aromatic carbocycles. The fraction of sp³-hybridized carbons (Fsp3) is 0.394. The maximum absolute atomic E-state index is 15.4. The van der Waals surface area contributed by atoms with Gasteiger partial charge >= 0.3 is 0 Å². The van der Waals surface area contributed by atoms with E-state index in [9.17, 15) is 13.5 Å². The van der Waals surface area contributed by atoms with Crippen molar-refractivity contribution in [2.75, 3.05) is 26.0 Å². The molecule has 1 unspecified atom stereocenters. The third-order valence-electron chi connectivity index (χ3n) is 8.60. The van der Waals surface area contributed by atoms with Crippen LogP contribution >= 0.6 is 0 Å². The Hall–Kier alpha value is -3.36. The quantitative estimate of drug-likeness (QED) is 0.330. The normalized spacial score (nSPS) is 21.9. The van der Waals surface area contributed by atoms with Gasteiger partial charge in [0.25, 0.3) is 0 Å². The van der Waals surface area contributed by atoms with Gasteiger partial charge in [0.2, 0.25) is 0 Å². The zero-order chi connectivity index (χ0) is 28.9. The van der Waals surface area contributed by atoms with Crippen molar-refractivity contribution in [3.8, 4) is 17.2 Å². The standard InChI is InChI=1S/C33H36FNO5S/c1-20-15-16-35(18-20)21(2)19-41(37,38)26-11-9-23(10-12-26)33-30(24-5-4-6-25(17-24)39-3)29(22-7-8-22)31-28(40-33)14-13-27(36)32(31)34/h4-6,9-14,17,20-22,33,36H,7-8,15-16,18-19H2,1-3H3/t20-,21+,33?/m1/s1. The molecule has 1 saturated heterocycles. The van der Waals surface area contributed by atoms with Crippen LogP contribution in [0.4, 0.5) is 4.39 Å². The lowest BCUT2D eigenvalue weighted by molar-refractivity contribution is 0.256. The number of rotatable bonds is 8. The number of hydrogen-bond donors (Lipinski definition) is 1. The highest BCUT2D eigenvalue weighted by atomic mass is 32.2.